The molecular weight excluding hydrogens is 164 g/mol. The van der Waals surface area contributed by atoms with E-state index < -0.39 is 0 Å². The highest BCUT2D eigenvalue weighted by Gasteiger charge is 2.21. The van der Waals surface area contributed by atoms with Crippen LogP contribution in [0.3, 0.4) is 0 Å². The summed E-state index contributed by atoms with van der Waals surface area (Å²) in [6.45, 7) is 2.31. The molecule has 1 aliphatic carbocycles. The van der Waals surface area contributed by atoms with Crippen molar-refractivity contribution in [2.45, 2.75) is 45.4 Å². The third kappa shape index (κ3) is 3.37. The van der Waals surface area contributed by atoms with E-state index in [0.29, 0.717) is 6.42 Å². The summed E-state index contributed by atoms with van der Waals surface area (Å²) in [5, 5.41) is 0. The maximum Gasteiger partial charge on any atom is 0.305 e. The largest absolute Gasteiger partial charge is 0.469 e. The van der Waals surface area contributed by atoms with Gasteiger partial charge in [-0.3, -0.25) is 4.79 Å². The highest BCUT2D eigenvalue weighted by molar-refractivity contribution is 5.69. The molecule has 0 heterocycles. The summed E-state index contributed by atoms with van der Waals surface area (Å²) in [4.78, 5) is 10.9. The molecular formula is C11H20O2. The van der Waals surface area contributed by atoms with Crippen LogP contribution in [-0.4, -0.2) is 13.1 Å². The lowest BCUT2D eigenvalue weighted by molar-refractivity contribution is -0.141. The molecule has 0 radical (unpaired) electrons. The molecule has 0 aromatic heterocycles. The first-order chi connectivity index (χ1) is 6.24. The molecule has 2 atom stereocenters. The van der Waals surface area contributed by atoms with Gasteiger partial charge in [-0.25, -0.2) is 0 Å². The van der Waals surface area contributed by atoms with Crippen LogP contribution in [0.15, 0.2) is 0 Å². The predicted octanol–water partition coefficient (Wildman–Crippen LogP) is 2.77. The number of rotatable bonds is 3. The lowest BCUT2D eigenvalue weighted by Crippen LogP contribution is -2.18. The Kier molecular flexibility index (Phi) is 4.26. The van der Waals surface area contributed by atoms with Crippen LogP contribution in [0.1, 0.15) is 45.4 Å². The van der Waals surface area contributed by atoms with Gasteiger partial charge in [0.25, 0.3) is 0 Å². The van der Waals surface area contributed by atoms with E-state index in [1.807, 2.05) is 0 Å². The van der Waals surface area contributed by atoms with E-state index in [4.69, 9.17) is 0 Å². The zero-order valence-electron chi connectivity index (χ0n) is 8.71. The molecule has 0 saturated heterocycles. The second-order valence-corrected chi connectivity index (χ2v) is 4.14. The van der Waals surface area contributed by atoms with Crippen LogP contribution in [0.2, 0.25) is 0 Å². The molecule has 0 N–H and O–H groups in total. The Balaban J connectivity index is 2.22. The van der Waals surface area contributed by atoms with E-state index in [0.717, 1.165) is 18.3 Å². The number of hydrogen-bond donors (Lipinski definition) is 0. The number of methoxy groups -OCH3 is 1. The molecule has 1 fully saturated rings. The maximum absolute atomic E-state index is 10.9. The number of carbonyl (C=O) groups excluding carboxylic acids is 1. The van der Waals surface area contributed by atoms with Gasteiger partial charge in [-0.2, -0.15) is 0 Å². The number of carbonyl (C=O) groups is 1. The molecule has 76 valence electrons. The van der Waals surface area contributed by atoms with Crippen LogP contribution in [-0.2, 0) is 9.53 Å². The Labute approximate surface area is 80.7 Å². The quantitative estimate of drug-likeness (QED) is 0.630. The van der Waals surface area contributed by atoms with E-state index in [9.17, 15) is 4.79 Å². The summed E-state index contributed by atoms with van der Waals surface area (Å²) in [7, 11) is 1.46. The Hall–Kier alpha value is -0.530. The molecule has 0 unspecified atom stereocenters. The van der Waals surface area contributed by atoms with Crippen LogP contribution < -0.4 is 0 Å². The minimum Gasteiger partial charge on any atom is -0.469 e. The van der Waals surface area contributed by atoms with Gasteiger partial charge in [-0.05, 0) is 18.3 Å². The summed E-state index contributed by atoms with van der Waals surface area (Å²) in [5.74, 6) is 1.50. The summed E-state index contributed by atoms with van der Waals surface area (Å²) < 4.78 is 4.64. The van der Waals surface area contributed by atoms with Gasteiger partial charge in [0.15, 0.2) is 0 Å². The monoisotopic (exact) mass is 184 g/mol. The van der Waals surface area contributed by atoms with Crippen LogP contribution in [0.25, 0.3) is 0 Å². The summed E-state index contributed by atoms with van der Waals surface area (Å²) >= 11 is 0. The topological polar surface area (TPSA) is 26.3 Å². The van der Waals surface area contributed by atoms with E-state index in [2.05, 4.69) is 11.7 Å². The van der Waals surface area contributed by atoms with Crippen molar-refractivity contribution < 1.29 is 9.53 Å². The molecule has 0 aromatic carbocycles. The maximum atomic E-state index is 10.9. The molecule has 0 spiro atoms. The SMILES string of the molecule is COC(=O)CC[C@H]1CCCC[C@@H]1C. The number of ether oxygens (including phenoxy) is 1. The molecule has 0 aromatic rings. The van der Waals surface area contributed by atoms with Crippen molar-refractivity contribution in [3.05, 3.63) is 0 Å². The first-order valence-electron chi connectivity index (χ1n) is 5.31. The van der Waals surface area contributed by atoms with Crippen molar-refractivity contribution >= 4 is 5.97 Å². The molecule has 0 bridgehead atoms. The number of esters is 1. The third-order valence-corrected chi connectivity index (χ3v) is 3.24. The van der Waals surface area contributed by atoms with Gasteiger partial charge < -0.3 is 4.74 Å². The fourth-order valence-electron chi connectivity index (χ4n) is 2.23. The van der Waals surface area contributed by atoms with Crippen LogP contribution in [0.4, 0.5) is 0 Å². The Bertz CT molecular complexity index is 165. The zero-order chi connectivity index (χ0) is 9.68. The molecule has 13 heavy (non-hydrogen) atoms. The average molecular weight is 184 g/mol. The molecule has 1 rings (SSSR count). The van der Waals surface area contributed by atoms with E-state index in [-0.39, 0.29) is 5.97 Å². The smallest absolute Gasteiger partial charge is 0.305 e. The standard InChI is InChI=1S/C11H20O2/c1-9-5-3-4-6-10(9)7-8-11(12)13-2/h9-10H,3-8H2,1-2H3/t9-,10+/m0/s1. The van der Waals surface area contributed by atoms with E-state index >= 15 is 0 Å². The predicted molar refractivity (Wildman–Crippen MR) is 52.4 cm³/mol. The molecule has 0 amide bonds. The Morgan fingerprint density at radius 1 is 1.38 bits per heavy atom. The Morgan fingerprint density at radius 3 is 2.69 bits per heavy atom. The lowest BCUT2D eigenvalue weighted by atomic mass is 9.78. The van der Waals surface area contributed by atoms with Crippen molar-refractivity contribution in [2.24, 2.45) is 11.8 Å². The molecule has 2 nitrogen and oxygen atoms in total. The minimum absolute atomic E-state index is 0.0576. The van der Waals surface area contributed by atoms with Gasteiger partial charge in [0.2, 0.25) is 0 Å². The van der Waals surface area contributed by atoms with Gasteiger partial charge in [-0.15, -0.1) is 0 Å². The van der Waals surface area contributed by atoms with Crippen molar-refractivity contribution in [3.8, 4) is 0 Å². The van der Waals surface area contributed by atoms with Gasteiger partial charge in [0.05, 0.1) is 7.11 Å². The van der Waals surface area contributed by atoms with Gasteiger partial charge in [0, 0.05) is 6.42 Å². The average Bonchev–Trinajstić information content (AvgIpc) is 2.16. The molecule has 1 saturated carbocycles. The molecule has 1 aliphatic rings. The van der Waals surface area contributed by atoms with Crippen molar-refractivity contribution in [1.29, 1.82) is 0 Å². The molecule has 0 aliphatic heterocycles. The normalized spacial score (nSPS) is 28.5. The second kappa shape index (κ2) is 5.25. The third-order valence-electron chi connectivity index (χ3n) is 3.24. The summed E-state index contributed by atoms with van der Waals surface area (Å²) in [6.07, 6.45) is 6.98. The van der Waals surface area contributed by atoms with Gasteiger partial charge in [0.1, 0.15) is 0 Å². The Morgan fingerprint density at radius 2 is 2.08 bits per heavy atom. The van der Waals surface area contributed by atoms with E-state index in [1.54, 1.807) is 0 Å². The first-order valence-corrected chi connectivity index (χ1v) is 5.31. The highest BCUT2D eigenvalue weighted by Crippen LogP contribution is 2.32. The van der Waals surface area contributed by atoms with E-state index in [1.165, 1.54) is 32.8 Å². The number of hydrogen-bond acceptors (Lipinski definition) is 2. The first kappa shape index (κ1) is 10.6. The summed E-state index contributed by atoms with van der Waals surface area (Å²) in [5.41, 5.74) is 0. The van der Waals surface area contributed by atoms with Crippen LogP contribution in [0, 0.1) is 11.8 Å². The van der Waals surface area contributed by atoms with Gasteiger partial charge >= 0.3 is 5.97 Å². The van der Waals surface area contributed by atoms with Crippen LogP contribution >= 0.6 is 0 Å². The van der Waals surface area contributed by atoms with Crippen molar-refractivity contribution in [3.63, 3.8) is 0 Å². The lowest BCUT2D eigenvalue weighted by Gasteiger charge is -2.28. The summed E-state index contributed by atoms with van der Waals surface area (Å²) in [6, 6.07) is 0. The van der Waals surface area contributed by atoms with Gasteiger partial charge in [-0.1, -0.05) is 32.6 Å². The minimum atomic E-state index is -0.0576. The van der Waals surface area contributed by atoms with Crippen molar-refractivity contribution in [2.75, 3.05) is 7.11 Å². The molecule has 2 heteroatoms. The fourth-order valence-corrected chi connectivity index (χ4v) is 2.23. The van der Waals surface area contributed by atoms with Crippen molar-refractivity contribution in [1.82, 2.24) is 0 Å². The van der Waals surface area contributed by atoms with Crippen LogP contribution in [0.5, 0.6) is 0 Å². The fraction of sp³-hybridized carbons (Fsp3) is 0.909. The zero-order valence-corrected chi connectivity index (χ0v) is 8.71. The second-order valence-electron chi connectivity index (χ2n) is 4.14. The highest BCUT2D eigenvalue weighted by atomic mass is 16.5.